The van der Waals surface area contributed by atoms with E-state index in [1.165, 1.54) is 6.20 Å². The fourth-order valence-electron chi connectivity index (χ4n) is 2.86. The van der Waals surface area contributed by atoms with E-state index in [0.29, 0.717) is 17.7 Å². The van der Waals surface area contributed by atoms with Crippen LogP contribution in [0, 0.1) is 0 Å². The first-order valence-corrected chi connectivity index (χ1v) is 10.2. The Balaban J connectivity index is 1.70. The maximum atomic E-state index is 12.9. The number of rotatable bonds is 4. The number of nitrogens with zero attached hydrogens (tertiary/aromatic N) is 3. The zero-order valence-electron chi connectivity index (χ0n) is 14.9. The molecule has 2 aromatic heterocycles. The van der Waals surface area contributed by atoms with Gasteiger partial charge in [0.05, 0.1) is 17.4 Å². The van der Waals surface area contributed by atoms with E-state index < -0.39 is 15.1 Å². The summed E-state index contributed by atoms with van der Waals surface area (Å²) in [6.45, 7) is 0. The van der Waals surface area contributed by atoms with Crippen LogP contribution in [0.4, 0.5) is 19.4 Å². The fourth-order valence-corrected chi connectivity index (χ4v) is 3.51. The molecule has 0 N–H and O–H groups in total. The first kappa shape index (κ1) is 19.2. The van der Waals surface area contributed by atoms with Crippen molar-refractivity contribution in [3.05, 3.63) is 67.1 Å². The van der Waals surface area contributed by atoms with Crippen LogP contribution in [0.3, 0.4) is 0 Å². The Bertz CT molecular complexity index is 1220. The summed E-state index contributed by atoms with van der Waals surface area (Å²) < 4.78 is 71.8. The summed E-state index contributed by atoms with van der Waals surface area (Å²) in [5.41, 5.74) is 3.02. The number of aromatic nitrogens is 3. The quantitative estimate of drug-likeness (QED) is 0.327. The van der Waals surface area contributed by atoms with Gasteiger partial charge in [-0.3, -0.25) is 0 Å². The highest BCUT2D eigenvalue weighted by molar-refractivity contribution is 8.45. The molecule has 4 rings (SSSR count). The summed E-state index contributed by atoms with van der Waals surface area (Å²) in [5.74, 6) is 0.0891. The third kappa shape index (κ3) is 3.88. The van der Waals surface area contributed by atoms with Gasteiger partial charge < -0.3 is 9.30 Å². The number of benzene rings is 2. The summed E-state index contributed by atoms with van der Waals surface area (Å²) in [6.07, 6.45) is 3.14. The van der Waals surface area contributed by atoms with E-state index >= 15 is 0 Å². The molecular weight excluding hydrogens is 413 g/mol. The summed E-state index contributed by atoms with van der Waals surface area (Å²) in [5, 5.41) is 0. The molecule has 0 fully saturated rings. The molecule has 4 aromatic rings. The molecule has 0 radical (unpaired) electrons. The average Bonchev–Trinajstić information content (AvgIpc) is 3.01. The van der Waals surface area contributed by atoms with Crippen molar-refractivity contribution in [2.45, 2.75) is 4.90 Å². The van der Waals surface area contributed by atoms with E-state index in [4.69, 9.17) is 4.74 Å². The lowest BCUT2D eigenvalue weighted by molar-refractivity contribution is 0.363. The molecule has 4 nitrogen and oxygen atoms in total. The van der Waals surface area contributed by atoms with Crippen LogP contribution in [0.1, 0.15) is 0 Å². The largest absolute Gasteiger partial charge is 0.438 e. The van der Waals surface area contributed by atoms with Crippen molar-refractivity contribution in [1.82, 2.24) is 14.5 Å². The van der Waals surface area contributed by atoms with Crippen LogP contribution < -0.4 is 4.74 Å². The highest BCUT2D eigenvalue weighted by Crippen LogP contribution is 3.02. The lowest BCUT2D eigenvalue weighted by atomic mass is 10.1. The number of fused-ring (bicyclic) bond motifs is 1. The Kier molecular flexibility index (Phi) is 3.77. The third-order valence-corrected chi connectivity index (χ3v) is 5.45. The molecule has 2 heterocycles. The van der Waals surface area contributed by atoms with E-state index in [2.05, 4.69) is 9.97 Å². The van der Waals surface area contributed by atoms with Crippen molar-refractivity contribution in [2.24, 2.45) is 7.05 Å². The summed E-state index contributed by atoms with van der Waals surface area (Å²) in [7, 11) is -7.88. The Morgan fingerprint density at radius 1 is 0.897 bits per heavy atom. The first-order chi connectivity index (χ1) is 13.4. The van der Waals surface area contributed by atoms with Gasteiger partial charge in [-0.25, -0.2) is 9.97 Å². The number of halogens is 5. The van der Waals surface area contributed by atoms with Gasteiger partial charge >= 0.3 is 10.2 Å². The van der Waals surface area contributed by atoms with Gasteiger partial charge in [0, 0.05) is 18.8 Å². The molecule has 2 aromatic carbocycles. The lowest BCUT2D eigenvalue weighted by Gasteiger charge is -2.40. The highest BCUT2D eigenvalue weighted by atomic mass is 32.5. The zero-order valence-corrected chi connectivity index (χ0v) is 15.7. The van der Waals surface area contributed by atoms with Gasteiger partial charge in [0.15, 0.2) is 0 Å². The van der Waals surface area contributed by atoms with Crippen LogP contribution in [0.25, 0.3) is 22.2 Å². The molecule has 0 unspecified atom stereocenters. The topological polar surface area (TPSA) is 39.9 Å². The van der Waals surface area contributed by atoms with Gasteiger partial charge in [0.25, 0.3) is 0 Å². The minimum absolute atomic E-state index is 0.0443. The van der Waals surface area contributed by atoms with Gasteiger partial charge in [0.2, 0.25) is 5.88 Å². The predicted octanol–water partition coefficient (Wildman–Crippen LogP) is 7.09. The molecule has 0 aliphatic rings. The number of ether oxygens (including phenoxy) is 1. The maximum absolute atomic E-state index is 12.9. The molecule has 0 aliphatic carbocycles. The minimum atomic E-state index is -9.73. The number of aryl methyl sites for hydroxylation is 1. The highest BCUT2D eigenvalue weighted by Gasteiger charge is 2.65. The van der Waals surface area contributed by atoms with Crippen LogP contribution in [-0.4, -0.2) is 14.5 Å². The Labute approximate surface area is 162 Å². The lowest BCUT2D eigenvalue weighted by Crippen LogP contribution is -2.05. The van der Waals surface area contributed by atoms with Crippen LogP contribution in [0.2, 0.25) is 0 Å². The second kappa shape index (κ2) is 5.69. The number of hydrogen-bond donors (Lipinski definition) is 0. The first-order valence-electron chi connectivity index (χ1n) is 8.29. The Morgan fingerprint density at radius 2 is 1.62 bits per heavy atom. The Morgan fingerprint density at radius 3 is 2.31 bits per heavy atom. The van der Waals surface area contributed by atoms with Crippen molar-refractivity contribution in [2.75, 3.05) is 0 Å². The van der Waals surface area contributed by atoms with E-state index in [1.54, 1.807) is 18.5 Å². The minimum Gasteiger partial charge on any atom is -0.438 e. The van der Waals surface area contributed by atoms with Crippen LogP contribution in [0.5, 0.6) is 11.6 Å². The number of hydrogen-bond acceptors (Lipinski definition) is 3. The molecule has 152 valence electrons. The molecule has 0 saturated heterocycles. The van der Waals surface area contributed by atoms with Crippen molar-refractivity contribution in [3.8, 4) is 22.8 Å². The standard InChI is InChI=1S/C19H14F5N3OS/c1-27-12-26-17-9-4-13(11-18(17)27)16-3-2-10-25-19(16)28-14-5-7-15(8-6-14)29(20,21,22,23)24/h2-12H,1H3. The van der Waals surface area contributed by atoms with Gasteiger partial charge in [0.1, 0.15) is 10.6 Å². The second-order valence-corrected chi connectivity index (χ2v) is 8.87. The molecule has 0 amide bonds. The van der Waals surface area contributed by atoms with Crippen molar-refractivity contribution in [3.63, 3.8) is 0 Å². The molecule has 0 bridgehead atoms. The normalized spacial score (nSPS) is 14.4. The second-order valence-electron chi connectivity index (χ2n) is 6.46. The number of pyridine rings is 1. The van der Waals surface area contributed by atoms with Crippen molar-refractivity contribution in [1.29, 1.82) is 0 Å². The molecule has 29 heavy (non-hydrogen) atoms. The van der Waals surface area contributed by atoms with E-state index in [1.807, 2.05) is 29.8 Å². The van der Waals surface area contributed by atoms with Crippen LogP contribution >= 0.6 is 10.2 Å². The third-order valence-electron chi connectivity index (χ3n) is 4.29. The molecule has 0 saturated carbocycles. The van der Waals surface area contributed by atoms with Gasteiger partial charge in [-0.15, -0.1) is 0 Å². The smallest absolute Gasteiger partial charge is 0.310 e. The molecule has 0 spiro atoms. The molecule has 0 aliphatic heterocycles. The zero-order chi connectivity index (χ0) is 20.9. The van der Waals surface area contributed by atoms with Crippen molar-refractivity contribution >= 4 is 21.3 Å². The molecular formula is C19H14F5N3OS. The summed E-state index contributed by atoms with van der Waals surface area (Å²) in [6, 6.07) is 11.2. The predicted molar refractivity (Wildman–Crippen MR) is 102 cm³/mol. The van der Waals surface area contributed by atoms with E-state index in [0.717, 1.165) is 28.7 Å². The van der Waals surface area contributed by atoms with Crippen LogP contribution in [0.15, 0.2) is 72.0 Å². The van der Waals surface area contributed by atoms with Gasteiger partial charge in [-0.2, -0.15) is 0 Å². The van der Waals surface area contributed by atoms with Gasteiger partial charge in [-0.05, 0) is 54.1 Å². The van der Waals surface area contributed by atoms with Crippen LogP contribution in [-0.2, 0) is 7.05 Å². The SMILES string of the molecule is Cn1cnc2ccc(-c3cccnc3Oc3ccc(S(F)(F)(F)(F)F)cc3)cc21. The van der Waals surface area contributed by atoms with Gasteiger partial charge in [-0.1, -0.05) is 25.5 Å². The molecule has 10 heteroatoms. The van der Waals surface area contributed by atoms with E-state index in [9.17, 15) is 19.4 Å². The Hall–Kier alpha value is -3.14. The fraction of sp³-hybridized carbons (Fsp3) is 0.0526. The van der Waals surface area contributed by atoms with Crippen molar-refractivity contribution < 1.29 is 24.2 Å². The molecule has 0 atom stereocenters. The monoisotopic (exact) mass is 427 g/mol. The average molecular weight is 427 g/mol. The maximum Gasteiger partial charge on any atom is 0.310 e. The number of imidazole rings is 1. The summed E-state index contributed by atoms with van der Waals surface area (Å²) >= 11 is 0. The summed E-state index contributed by atoms with van der Waals surface area (Å²) in [4.78, 5) is 6.41. The van der Waals surface area contributed by atoms with E-state index in [-0.39, 0.29) is 11.6 Å².